The molecular formula is C25H23F3N6O2. The average molecular weight is 496 g/mol. The Balaban J connectivity index is 1.49. The SMILES string of the molecule is Cn1cc2c3cc(C(=O)N4CC(CO)(N/C=C\C=N)C4)ccc3n(-c3ccc(C(F)(F)F)cc3)c2n1. The fourth-order valence-corrected chi connectivity index (χ4v) is 4.61. The summed E-state index contributed by atoms with van der Waals surface area (Å²) >= 11 is 0. The van der Waals surface area contributed by atoms with Crippen molar-refractivity contribution in [1.29, 1.82) is 5.41 Å². The van der Waals surface area contributed by atoms with Gasteiger partial charge >= 0.3 is 6.18 Å². The van der Waals surface area contributed by atoms with Gasteiger partial charge in [0.15, 0.2) is 5.65 Å². The largest absolute Gasteiger partial charge is 0.416 e. The second kappa shape index (κ2) is 8.52. The maximum atomic E-state index is 13.2. The number of benzene rings is 2. The predicted octanol–water partition coefficient (Wildman–Crippen LogP) is 3.48. The Morgan fingerprint density at radius 1 is 1.19 bits per heavy atom. The third-order valence-electron chi connectivity index (χ3n) is 6.41. The van der Waals surface area contributed by atoms with E-state index in [4.69, 9.17) is 5.41 Å². The van der Waals surface area contributed by atoms with Crippen molar-refractivity contribution in [1.82, 2.24) is 24.6 Å². The molecule has 1 saturated heterocycles. The Hall–Kier alpha value is -4.12. The number of fused-ring (bicyclic) bond motifs is 3. The summed E-state index contributed by atoms with van der Waals surface area (Å²) in [5.41, 5.74) is 0.893. The highest BCUT2D eigenvalue weighted by Gasteiger charge is 2.44. The Morgan fingerprint density at radius 3 is 2.56 bits per heavy atom. The standard InChI is InChI=1S/C25H23F3N6O2/c1-32-12-20-19-11-16(23(36)33-13-24(14-33,15-35)30-10-2-9-29)3-8-21(19)34(22(20)31-32)18-6-4-17(5-7-18)25(26,27)28/h2-12,29-30,35H,13-15H2,1H3/b10-2-,29-9?. The molecule has 0 unspecified atom stereocenters. The molecule has 4 aromatic rings. The molecule has 3 N–H and O–H groups in total. The minimum atomic E-state index is -4.43. The number of aliphatic hydroxyl groups is 1. The molecule has 36 heavy (non-hydrogen) atoms. The molecule has 1 aliphatic heterocycles. The van der Waals surface area contributed by atoms with Gasteiger partial charge in [-0.1, -0.05) is 0 Å². The smallest absolute Gasteiger partial charge is 0.394 e. The van der Waals surface area contributed by atoms with E-state index in [2.05, 4.69) is 10.4 Å². The molecule has 5 rings (SSSR count). The molecule has 2 aromatic heterocycles. The number of aliphatic hydroxyl groups excluding tert-OH is 1. The molecule has 0 spiro atoms. The molecular weight excluding hydrogens is 473 g/mol. The first-order chi connectivity index (χ1) is 17.2. The van der Waals surface area contributed by atoms with E-state index < -0.39 is 17.3 Å². The average Bonchev–Trinajstić information content (AvgIpc) is 3.34. The van der Waals surface area contributed by atoms with E-state index in [9.17, 15) is 23.1 Å². The van der Waals surface area contributed by atoms with Gasteiger partial charge < -0.3 is 20.7 Å². The van der Waals surface area contributed by atoms with Gasteiger partial charge in [-0.3, -0.25) is 14.0 Å². The second-order valence-corrected chi connectivity index (χ2v) is 8.92. The summed E-state index contributed by atoms with van der Waals surface area (Å²) in [5, 5.41) is 25.9. The fourth-order valence-electron chi connectivity index (χ4n) is 4.61. The number of carbonyl (C=O) groups is 1. The van der Waals surface area contributed by atoms with Gasteiger partial charge in [-0.2, -0.15) is 18.3 Å². The van der Waals surface area contributed by atoms with Crippen LogP contribution < -0.4 is 5.32 Å². The fraction of sp³-hybridized carbons (Fsp3) is 0.240. The first-order valence-electron chi connectivity index (χ1n) is 11.1. The molecule has 186 valence electrons. The van der Waals surface area contributed by atoms with Crippen molar-refractivity contribution in [3.8, 4) is 5.69 Å². The maximum Gasteiger partial charge on any atom is 0.416 e. The van der Waals surface area contributed by atoms with E-state index >= 15 is 0 Å². The number of nitrogens with one attached hydrogen (secondary N) is 2. The molecule has 0 aliphatic carbocycles. The Bertz CT molecular complexity index is 1490. The monoisotopic (exact) mass is 496 g/mol. The molecule has 0 bridgehead atoms. The molecule has 2 aromatic carbocycles. The van der Waals surface area contributed by atoms with Crippen molar-refractivity contribution in [3.05, 3.63) is 72.1 Å². The van der Waals surface area contributed by atoms with Crippen LogP contribution in [0.25, 0.3) is 27.6 Å². The number of aryl methyl sites for hydroxylation is 1. The van der Waals surface area contributed by atoms with Crippen molar-refractivity contribution in [3.63, 3.8) is 0 Å². The highest BCUT2D eigenvalue weighted by Crippen LogP contribution is 2.34. The number of halogens is 3. The summed E-state index contributed by atoms with van der Waals surface area (Å²) in [4.78, 5) is 14.8. The van der Waals surface area contributed by atoms with Crippen molar-refractivity contribution in [2.24, 2.45) is 7.05 Å². The number of nitrogens with zero attached hydrogens (tertiary/aromatic N) is 4. The van der Waals surface area contributed by atoms with Gasteiger partial charge in [0.25, 0.3) is 5.91 Å². The number of rotatable bonds is 6. The lowest BCUT2D eigenvalue weighted by molar-refractivity contribution is -0.137. The first kappa shape index (κ1) is 23.6. The lowest BCUT2D eigenvalue weighted by Crippen LogP contribution is -2.71. The van der Waals surface area contributed by atoms with Gasteiger partial charge in [-0.15, -0.1) is 0 Å². The van der Waals surface area contributed by atoms with E-state index in [0.29, 0.717) is 30.0 Å². The number of amides is 1. The van der Waals surface area contributed by atoms with Gasteiger partial charge in [-0.25, -0.2) is 0 Å². The Kier molecular flexibility index (Phi) is 5.59. The lowest BCUT2D eigenvalue weighted by Gasteiger charge is -2.49. The van der Waals surface area contributed by atoms with Gasteiger partial charge in [0.05, 0.1) is 23.2 Å². The predicted molar refractivity (Wildman–Crippen MR) is 129 cm³/mol. The summed E-state index contributed by atoms with van der Waals surface area (Å²) in [6, 6.07) is 10.1. The third-order valence-corrected chi connectivity index (χ3v) is 6.41. The van der Waals surface area contributed by atoms with Crippen LogP contribution in [-0.2, 0) is 13.2 Å². The molecule has 0 atom stereocenters. The molecule has 3 heterocycles. The van der Waals surface area contributed by atoms with Crippen LogP contribution >= 0.6 is 0 Å². The van der Waals surface area contributed by atoms with Crippen LogP contribution in [0.3, 0.4) is 0 Å². The Morgan fingerprint density at radius 2 is 1.92 bits per heavy atom. The van der Waals surface area contributed by atoms with E-state index in [0.717, 1.165) is 34.6 Å². The number of allylic oxidation sites excluding steroid dienone is 1. The molecule has 8 nitrogen and oxygen atoms in total. The minimum absolute atomic E-state index is 0.162. The normalized spacial score (nSPS) is 15.5. The van der Waals surface area contributed by atoms with Crippen LogP contribution in [0.2, 0.25) is 0 Å². The van der Waals surface area contributed by atoms with Gasteiger partial charge in [0, 0.05) is 54.6 Å². The summed E-state index contributed by atoms with van der Waals surface area (Å²) in [6.07, 6.45) is 1.57. The molecule has 0 saturated carbocycles. The summed E-state index contributed by atoms with van der Waals surface area (Å²) in [6.45, 7) is 0.444. The summed E-state index contributed by atoms with van der Waals surface area (Å²) in [7, 11) is 1.76. The van der Waals surface area contributed by atoms with Crippen LogP contribution in [0.4, 0.5) is 13.2 Å². The van der Waals surface area contributed by atoms with Crippen LogP contribution in [0.5, 0.6) is 0 Å². The third kappa shape index (κ3) is 3.91. The van der Waals surface area contributed by atoms with E-state index in [1.807, 2.05) is 6.20 Å². The molecule has 1 aliphatic rings. The number of hydrogen-bond donors (Lipinski definition) is 3. The highest BCUT2D eigenvalue weighted by atomic mass is 19.4. The summed E-state index contributed by atoms with van der Waals surface area (Å²) < 4.78 is 42.6. The van der Waals surface area contributed by atoms with Crippen molar-refractivity contribution < 1.29 is 23.1 Å². The molecule has 1 fully saturated rings. The zero-order valence-electron chi connectivity index (χ0n) is 19.3. The lowest BCUT2D eigenvalue weighted by atomic mass is 9.90. The highest BCUT2D eigenvalue weighted by molar-refractivity contribution is 6.10. The van der Waals surface area contributed by atoms with E-state index in [-0.39, 0.29) is 12.5 Å². The van der Waals surface area contributed by atoms with Gasteiger partial charge in [0.1, 0.15) is 0 Å². The zero-order valence-corrected chi connectivity index (χ0v) is 19.3. The zero-order chi connectivity index (χ0) is 25.7. The molecule has 1 amide bonds. The molecule has 0 radical (unpaired) electrons. The number of likely N-dealkylation sites (tertiary alicyclic amines) is 1. The maximum absolute atomic E-state index is 13.2. The van der Waals surface area contributed by atoms with Crippen LogP contribution in [-0.4, -0.2) is 61.7 Å². The topological polar surface area (TPSA) is 99.2 Å². The summed E-state index contributed by atoms with van der Waals surface area (Å²) in [5.74, 6) is -0.196. The van der Waals surface area contributed by atoms with Crippen molar-refractivity contribution >= 4 is 34.1 Å². The first-order valence-corrected chi connectivity index (χ1v) is 11.1. The Labute approximate surface area is 203 Å². The quantitative estimate of drug-likeness (QED) is 0.356. The number of hydrogen-bond acceptors (Lipinski definition) is 5. The van der Waals surface area contributed by atoms with Crippen LogP contribution in [0, 0.1) is 5.41 Å². The van der Waals surface area contributed by atoms with E-state index in [1.54, 1.807) is 45.6 Å². The second-order valence-electron chi connectivity index (χ2n) is 8.92. The number of aromatic nitrogens is 3. The number of carbonyl (C=O) groups excluding carboxylic acids is 1. The van der Waals surface area contributed by atoms with Crippen molar-refractivity contribution in [2.75, 3.05) is 19.7 Å². The van der Waals surface area contributed by atoms with Gasteiger partial charge in [0.2, 0.25) is 0 Å². The van der Waals surface area contributed by atoms with Gasteiger partial charge in [-0.05, 0) is 54.7 Å². The van der Waals surface area contributed by atoms with Crippen molar-refractivity contribution in [2.45, 2.75) is 11.7 Å². The molecule has 11 heteroatoms. The number of alkyl halides is 3. The minimum Gasteiger partial charge on any atom is -0.394 e. The van der Waals surface area contributed by atoms with E-state index in [1.165, 1.54) is 18.2 Å². The van der Waals surface area contributed by atoms with Crippen LogP contribution in [0.15, 0.2) is 60.9 Å². The van der Waals surface area contributed by atoms with Crippen LogP contribution in [0.1, 0.15) is 15.9 Å².